The lowest BCUT2D eigenvalue weighted by atomic mass is 10.0. The average Bonchev–Trinajstić information content (AvgIpc) is 2.85. The molecule has 150 valence electrons. The highest BCUT2D eigenvalue weighted by molar-refractivity contribution is 6.16. The molecule has 0 saturated heterocycles. The Bertz CT molecular complexity index is 869. The number of methoxy groups -OCH3 is 1. The molecule has 0 aliphatic carbocycles. The van der Waals surface area contributed by atoms with Gasteiger partial charge in [-0.2, -0.15) is 0 Å². The minimum Gasteiger partial charge on any atom is -0.490 e. The maximum atomic E-state index is 13.0. The highest BCUT2D eigenvalue weighted by Gasteiger charge is 2.37. The van der Waals surface area contributed by atoms with E-state index in [1.807, 2.05) is 13.8 Å². The zero-order valence-corrected chi connectivity index (χ0v) is 16.6. The molecule has 0 fully saturated rings. The number of nitro groups is 1. The molecule has 0 aromatic heterocycles. The zero-order chi connectivity index (χ0) is 21.0. The molecule has 1 heterocycles. The van der Waals surface area contributed by atoms with Crippen LogP contribution in [0.3, 0.4) is 0 Å². The zero-order valence-electron chi connectivity index (χ0n) is 16.6. The van der Waals surface area contributed by atoms with Gasteiger partial charge in [0.2, 0.25) is 0 Å². The number of hydrogen-bond donors (Lipinski definition) is 0. The number of carbonyl (C=O) groups excluding carboxylic acids is 2. The Morgan fingerprint density at radius 2 is 2.04 bits per heavy atom. The van der Waals surface area contributed by atoms with E-state index < -0.39 is 10.9 Å². The predicted octanol–water partition coefficient (Wildman–Crippen LogP) is 3.32. The van der Waals surface area contributed by atoms with Crippen molar-refractivity contribution in [2.75, 3.05) is 20.3 Å². The Balaban J connectivity index is 2.57. The molecule has 0 atom stereocenters. The monoisotopic (exact) mass is 388 g/mol. The van der Waals surface area contributed by atoms with Crippen LogP contribution < -0.4 is 4.74 Å². The van der Waals surface area contributed by atoms with E-state index in [0.29, 0.717) is 17.8 Å². The highest BCUT2D eigenvalue weighted by atomic mass is 16.6. The van der Waals surface area contributed by atoms with Crippen LogP contribution in [-0.2, 0) is 14.3 Å². The van der Waals surface area contributed by atoms with E-state index in [9.17, 15) is 19.7 Å². The summed E-state index contributed by atoms with van der Waals surface area (Å²) in [7, 11) is 1.34. The number of carbonyl (C=O) groups is 2. The maximum absolute atomic E-state index is 13.0. The van der Waals surface area contributed by atoms with Gasteiger partial charge in [-0.3, -0.25) is 14.9 Å². The molecule has 1 aromatic carbocycles. The van der Waals surface area contributed by atoms with Gasteiger partial charge < -0.3 is 14.4 Å². The molecule has 8 heteroatoms. The Labute approximate surface area is 163 Å². The molecule has 0 radical (unpaired) electrons. The smallest absolute Gasteiger partial charge is 0.340 e. The molecule has 0 bridgehead atoms. The van der Waals surface area contributed by atoms with Gasteiger partial charge in [0.15, 0.2) is 5.75 Å². The fourth-order valence-corrected chi connectivity index (χ4v) is 3.02. The van der Waals surface area contributed by atoms with Crippen molar-refractivity contribution in [3.05, 3.63) is 50.7 Å². The standard InChI is InChI=1S/C20H24N2O6/c1-6-28-20(24)18-13(4)21(11-12(2)3)19(23)15(18)9-14-7-8-17(27-5)16(10-14)22(25)26/h7-10,12H,6,11H2,1-5H3/b15-9-. The molecule has 0 saturated carbocycles. The van der Waals surface area contributed by atoms with Crippen LogP contribution in [0.4, 0.5) is 5.69 Å². The number of amides is 1. The third-order valence-corrected chi connectivity index (χ3v) is 4.25. The second-order valence-electron chi connectivity index (χ2n) is 6.74. The molecule has 0 N–H and O–H groups in total. The Morgan fingerprint density at radius 3 is 2.57 bits per heavy atom. The number of rotatable bonds is 7. The van der Waals surface area contributed by atoms with E-state index in [2.05, 4.69) is 0 Å². The third kappa shape index (κ3) is 4.21. The maximum Gasteiger partial charge on any atom is 0.340 e. The average molecular weight is 388 g/mol. The van der Waals surface area contributed by atoms with Gasteiger partial charge in [-0.05, 0) is 37.5 Å². The van der Waals surface area contributed by atoms with Gasteiger partial charge in [0.25, 0.3) is 5.91 Å². The second-order valence-corrected chi connectivity index (χ2v) is 6.74. The van der Waals surface area contributed by atoms with Crippen LogP contribution in [0.5, 0.6) is 5.75 Å². The van der Waals surface area contributed by atoms with Crippen molar-refractivity contribution in [3.8, 4) is 5.75 Å². The molecule has 1 aromatic rings. The Kier molecular flexibility index (Phi) is 6.56. The minimum absolute atomic E-state index is 0.115. The van der Waals surface area contributed by atoms with Crippen molar-refractivity contribution < 1.29 is 24.0 Å². The lowest BCUT2D eigenvalue weighted by molar-refractivity contribution is -0.385. The Morgan fingerprint density at radius 1 is 1.36 bits per heavy atom. The second kappa shape index (κ2) is 8.69. The van der Waals surface area contributed by atoms with Gasteiger partial charge in [-0.25, -0.2) is 4.79 Å². The Hall–Kier alpha value is -3.16. The van der Waals surface area contributed by atoms with Crippen LogP contribution in [-0.4, -0.2) is 42.0 Å². The van der Waals surface area contributed by atoms with Crippen molar-refractivity contribution >= 4 is 23.6 Å². The summed E-state index contributed by atoms with van der Waals surface area (Å²) < 4.78 is 10.1. The lowest BCUT2D eigenvalue weighted by Gasteiger charge is -2.19. The molecule has 28 heavy (non-hydrogen) atoms. The van der Waals surface area contributed by atoms with E-state index in [1.54, 1.807) is 24.8 Å². The quantitative estimate of drug-likeness (QED) is 0.307. The van der Waals surface area contributed by atoms with Crippen molar-refractivity contribution in [2.24, 2.45) is 5.92 Å². The summed E-state index contributed by atoms with van der Waals surface area (Å²) in [6.07, 6.45) is 1.48. The molecule has 0 spiro atoms. The molecule has 2 rings (SSSR count). The first kappa shape index (κ1) is 21.1. The number of ether oxygens (including phenoxy) is 2. The molecule has 1 amide bonds. The third-order valence-electron chi connectivity index (χ3n) is 4.25. The summed E-state index contributed by atoms with van der Waals surface area (Å²) in [6, 6.07) is 4.36. The van der Waals surface area contributed by atoms with Crippen molar-refractivity contribution in [1.29, 1.82) is 0 Å². The number of nitro benzene ring substituents is 1. The van der Waals surface area contributed by atoms with Crippen LogP contribution in [0.15, 0.2) is 35.0 Å². The van der Waals surface area contributed by atoms with E-state index in [0.717, 1.165) is 0 Å². The molecule has 8 nitrogen and oxygen atoms in total. The van der Waals surface area contributed by atoms with E-state index in [1.165, 1.54) is 25.3 Å². The van der Waals surface area contributed by atoms with E-state index in [4.69, 9.17) is 9.47 Å². The molecule has 1 aliphatic rings. The molecular formula is C20H24N2O6. The fraction of sp³-hybridized carbons (Fsp3) is 0.400. The van der Waals surface area contributed by atoms with Gasteiger partial charge in [0.1, 0.15) is 0 Å². The highest BCUT2D eigenvalue weighted by Crippen LogP contribution is 2.34. The van der Waals surface area contributed by atoms with Gasteiger partial charge in [-0.15, -0.1) is 0 Å². The van der Waals surface area contributed by atoms with E-state index >= 15 is 0 Å². The van der Waals surface area contributed by atoms with Crippen LogP contribution in [0, 0.1) is 16.0 Å². The van der Waals surface area contributed by atoms with Crippen LogP contribution in [0.1, 0.15) is 33.3 Å². The van der Waals surface area contributed by atoms with Crippen LogP contribution in [0.2, 0.25) is 0 Å². The normalized spacial score (nSPS) is 15.6. The minimum atomic E-state index is -0.589. The number of nitrogens with zero attached hydrogens (tertiary/aromatic N) is 2. The predicted molar refractivity (Wildman–Crippen MR) is 104 cm³/mol. The summed E-state index contributed by atoms with van der Waals surface area (Å²) in [5, 5.41) is 11.3. The van der Waals surface area contributed by atoms with Gasteiger partial charge in [0, 0.05) is 18.3 Å². The first-order valence-electron chi connectivity index (χ1n) is 8.95. The van der Waals surface area contributed by atoms with Crippen LogP contribution in [0.25, 0.3) is 6.08 Å². The number of benzene rings is 1. The summed E-state index contributed by atoms with van der Waals surface area (Å²) in [5.74, 6) is -0.603. The van der Waals surface area contributed by atoms with Gasteiger partial charge in [0.05, 0.1) is 29.8 Å². The summed E-state index contributed by atoms with van der Waals surface area (Å²) in [4.78, 5) is 37.7. The first-order valence-corrected chi connectivity index (χ1v) is 8.95. The summed E-state index contributed by atoms with van der Waals surface area (Å²) in [6.45, 7) is 7.96. The van der Waals surface area contributed by atoms with Crippen molar-refractivity contribution in [1.82, 2.24) is 4.90 Å². The van der Waals surface area contributed by atoms with Gasteiger partial charge in [-0.1, -0.05) is 19.9 Å². The van der Waals surface area contributed by atoms with Crippen molar-refractivity contribution in [3.63, 3.8) is 0 Å². The summed E-state index contributed by atoms with van der Waals surface area (Å²) >= 11 is 0. The number of esters is 1. The van der Waals surface area contributed by atoms with E-state index in [-0.39, 0.29) is 41.0 Å². The molecule has 0 unspecified atom stereocenters. The SMILES string of the molecule is CCOC(=O)C1=C(C)N(CC(C)C)C(=O)/C1=C\c1ccc(OC)c([N+](=O)[O-])c1. The number of hydrogen-bond acceptors (Lipinski definition) is 6. The van der Waals surface area contributed by atoms with Crippen molar-refractivity contribution in [2.45, 2.75) is 27.7 Å². The van der Waals surface area contributed by atoms with Gasteiger partial charge >= 0.3 is 11.7 Å². The topological polar surface area (TPSA) is 99.0 Å². The summed E-state index contributed by atoms with van der Waals surface area (Å²) in [5.41, 5.74) is 1.06. The first-order chi connectivity index (χ1) is 13.2. The fourth-order valence-electron chi connectivity index (χ4n) is 3.02. The van der Waals surface area contributed by atoms with Crippen LogP contribution >= 0.6 is 0 Å². The largest absolute Gasteiger partial charge is 0.490 e. The number of allylic oxidation sites excluding steroid dienone is 1. The molecule has 1 aliphatic heterocycles. The molecular weight excluding hydrogens is 364 g/mol. The lowest BCUT2D eigenvalue weighted by Crippen LogP contribution is -2.28.